The lowest BCUT2D eigenvalue weighted by Crippen LogP contribution is -2.52. The van der Waals surface area contributed by atoms with Crippen molar-refractivity contribution in [3.05, 3.63) is 47.6 Å². The third-order valence-electron chi connectivity index (χ3n) is 5.09. The van der Waals surface area contributed by atoms with Crippen LogP contribution in [0.3, 0.4) is 0 Å². The molecule has 29 heavy (non-hydrogen) atoms. The maximum Gasteiger partial charge on any atom is 0.404 e. The number of carbonyl (C=O) groups excluding carboxylic acids is 1. The Bertz CT molecular complexity index is 845. The topological polar surface area (TPSA) is 71.3 Å². The molecule has 1 aliphatic rings. The van der Waals surface area contributed by atoms with E-state index in [1.165, 1.54) is 0 Å². The fraction of sp³-hybridized carbons (Fsp3) is 0.550. The van der Waals surface area contributed by atoms with Gasteiger partial charge in [-0.25, -0.2) is 0 Å². The minimum absolute atomic E-state index is 0.153. The van der Waals surface area contributed by atoms with Gasteiger partial charge in [0.25, 0.3) is 0 Å². The highest BCUT2D eigenvalue weighted by molar-refractivity contribution is 5.84. The molecule has 1 aromatic carbocycles. The van der Waals surface area contributed by atoms with E-state index in [1.807, 2.05) is 51.1 Å². The van der Waals surface area contributed by atoms with E-state index < -0.39 is 17.5 Å². The molecule has 1 aromatic heterocycles. The number of carbonyl (C=O) groups is 1. The monoisotopic (exact) mass is 410 g/mol. The predicted octanol–water partition coefficient (Wildman–Crippen LogP) is 3.44. The third kappa shape index (κ3) is 4.60. The quantitative estimate of drug-likeness (QED) is 0.818. The van der Waals surface area contributed by atoms with Gasteiger partial charge < -0.3 is 9.84 Å². The molecule has 1 unspecified atom stereocenters. The Morgan fingerprint density at radius 1 is 1.24 bits per heavy atom. The van der Waals surface area contributed by atoms with Crippen LogP contribution in [0, 0.1) is 5.41 Å². The summed E-state index contributed by atoms with van der Waals surface area (Å²) in [5.74, 6) is -0.537. The second-order valence-corrected chi connectivity index (χ2v) is 8.47. The molecule has 0 aliphatic carbocycles. The highest BCUT2D eigenvalue weighted by Crippen LogP contribution is 2.46. The van der Waals surface area contributed by atoms with Crippen molar-refractivity contribution >= 4 is 5.91 Å². The van der Waals surface area contributed by atoms with E-state index in [1.54, 1.807) is 4.90 Å². The van der Waals surface area contributed by atoms with E-state index in [0.29, 0.717) is 12.4 Å². The largest absolute Gasteiger partial charge is 0.404 e. The number of halogens is 3. The van der Waals surface area contributed by atoms with E-state index in [0.717, 1.165) is 5.56 Å². The number of aromatic nitrogens is 2. The predicted molar refractivity (Wildman–Crippen MR) is 99.7 cm³/mol. The Morgan fingerprint density at radius 2 is 1.93 bits per heavy atom. The number of amides is 1. The first-order valence-electron chi connectivity index (χ1n) is 9.46. The average molecular weight is 410 g/mol. The van der Waals surface area contributed by atoms with Crippen molar-refractivity contribution in [1.82, 2.24) is 20.4 Å². The molecule has 158 valence electrons. The molecule has 2 heterocycles. The molecule has 0 radical (unpaired) electrons. The molecule has 1 saturated heterocycles. The molecule has 1 amide bonds. The first kappa shape index (κ1) is 21.3. The van der Waals surface area contributed by atoms with E-state index in [-0.39, 0.29) is 37.3 Å². The zero-order chi connectivity index (χ0) is 21.3. The standard InChI is InChI=1S/C20H25F3N4O2/c1-18(2,3)17-25-15(26-29-17)11-24-16(28)19(20(21,22)23)9-10-27(13-19)12-14-7-5-4-6-8-14/h4-8H,9-13H2,1-3H3,(H,24,28). The van der Waals surface area contributed by atoms with Crippen LogP contribution in [-0.4, -0.2) is 40.2 Å². The molecule has 0 spiro atoms. The molecule has 1 fully saturated rings. The van der Waals surface area contributed by atoms with Crippen LogP contribution in [0.5, 0.6) is 0 Å². The maximum absolute atomic E-state index is 13.9. The Hall–Kier alpha value is -2.42. The minimum Gasteiger partial charge on any atom is -0.348 e. The van der Waals surface area contributed by atoms with Crippen molar-refractivity contribution in [3.8, 4) is 0 Å². The molecule has 0 bridgehead atoms. The fourth-order valence-electron chi connectivity index (χ4n) is 3.37. The van der Waals surface area contributed by atoms with Gasteiger partial charge in [0, 0.05) is 18.5 Å². The number of alkyl halides is 3. The molecule has 6 nitrogen and oxygen atoms in total. The van der Waals surface area contributed by atoms with Gasteiger partial charge in [-0.2, -0.15) is 18.2 Å². The van der Waals surface area contributed by atoms with E-state index in [9.17, 15) is 18.0 Å². The zero-order valence-corrected chi connectivity index (χ0v) is 16.7. The van der Waals surface area contributed by atoms with Crippen LogP contribution >= 0.6 is 0 Å². The van der Waals surface area contributed by atoms with Gasteiger partial charge in [0.05, 0.1) is 6.54 Å². The summed E-state index contributed by atoms with van der Waals surface area (Å²) in [5.41, 5.74) is -1.92. The first-order valence-corrected chi connectivity index (χ1v) is 9.46. The Labute approximate surface area is 167 Å². The molecule has 0 saturated carbocycles. The number of nitrogens with zero attached hydrogens (tertiary/aromatic N) is 3. The maximum atomic E-state index is 13.9. The number of hydrogen-bond acceptors (Lipinski definition) is 5. The van der Waals surface area contributed by atoms with Crippen molar-refractivity contribution in [2.75, 3.05) is 13.1 Å². The summed E-state index contributed by atoms with van der Waals surface area (Å²) in [6, 6.07) is 9.25. The normalized spacial score (nSPS) is 20.8. The summed E-state index contributed by atoms with van der Waals surface area (Å²) in [6.07, 6.45) is -4.94. The van der Waals surface area contributed by atoms with E-state index >= 15 is 0 Å². The van der Waals surface area contributed by atoms with Gasteiger partial charge in [0.15, 0.2) is 11.2 Å². The lowest BCUT2D eigenvalue weighted by Gasteiger charge is -2.30. The molecular formula is C20H25F3N4O2. The van der Waals surface area contributed by atoms with Gasteiger partial charge in [-0.3, -0.25) is 9.69 Å². The van der Waals surface area contributed by atoms with Crippen LogP contribution < -0.4 is 5.32 Å². The van der Waals surface area contributed by atoms with Crippen molar-refractivity contribution < 1.29 is 22.5 Å². The minimum atomic E-state index is -4.66. The highest BCUT2D eigenvalue weighted by Gasteiger charge is 2.62. The van der Waals surface area contributed by atoms with Gasteiger partial charge in [0.2, 0.25) is 11.8 Å². The lowest BCUT2D eigenvalue weighted by atomic mass is 9.85. The molecule has 3 rings (SSSR count). The third-order valence-corrected chi connectivity index (χ3v) is 5.09. The van der Waals surface area contributed by atoms with E-state index in [4.69, 9.17) is 4.52 Å². The van der Waals surface area contributed by atoms with Crippen molar-refractivity contribution in [2.24, 2.45) is 5.41 Å². The molecule has 9 heteroatoms. The average Bonchev–Trinajstić information content (AvgIpc) is 3.27. The van der Waals surface area contributed by atoms with Crippen LogP contribution in [0.4, 0.5) is 13.2 Å². The molecule has 1 atom stereocenters. The van der Waals surface area contributed by atoms with Gasteiger partial charge in [-0.1, -0.05) is 56.3 Å². The second-order valence-electron chi connectivity index (χ2n) is 8.47. The van der Waals surface area contributed by atoms with Crippen LogP contribution in [0.15, 0.2) is 34.9 Å². The van der Waals surface area contributed by atoms with Crippen LogP contribution in [0.25, 0.3) is 0 Å². The molecule has 1 N–H and O–H groups in total. The molecule has 2 aromatic rings. The molecular weight excluding hydrogens is 385 g/mol. The number of rotatable bonds is 5. The van der Waals surface area contributed by atoms with Gasteiger partial charge in [-0.05, 0) is 18.5 Å². The van der Waals surface area contributed by atoms with Crippen LogP contribution in [0.2, 0.25) is 0 Å². The summed E-state index contributed by atoms with van der Waals surface area (Å²) >= 11 is 0. The van der Waals surface area contributed by atoms with Crippen LogP contribution in [0.1, 0.15) is 44.5 Å². The number of benzene rings is 1. The summed E-state index contributed by atoms with van der Waals surface area (Å²) < 4.78 is 46.9. The molecule has 1 aliphatic heterocycles. The fourth-order valence-corrected chi connectivity index (χ4v) is 3.37. The second kappa shape index (κ2) is 7.78. The zero-order valence-electron chi connectivity index (χ0n) is 16.7. The summed E-state index contributed by atoms with van der Waals surface area (Å²) in [4.78, 5) is 18.5. The lowest BCUT2D eigenvalue weighted by molar-refractivity contribution is -0.218. The Kier molecular flexibility index (Phi) is 5.71. The number of hydrogen-bond donors (Lipinski definition) is 1. The number of nitrogens with one attached hydrogen (secondary N) is 1. The SMILES string of the molecule is CC(C)(C)c1nc(CNC(=O)C2(C(F)(F)F)CCN(Cc3ccccc3)C2)no1. The van der Waals surface area contributed by atoms with Gasteiger partial charge in [0.1, 0.15) is 0 Å². The van der Waals surface area contributed by atoms with Gasteiger partial charge >= 0.3 is 6.18 Å². The first-order chi connectivity index (χ1) is 13.5. The Morgan fingerprint density at radius 3 is 2.52 bits per heavy atom. The Balaban J connectivity index is 1.68. The van der Waals surface area contributed by atoms with Crippen molar-refractivity contribution in [3.63, 3.8) is 0 Å². The highest BCUT2D eigenvalue weighted by atomic mass is 19.4. The van der Waals surface area contributed by atoms with Crippen LogP contribution in [-0.2, 0) is 23.3 Å². The van der Waals surface area contributed by atoms with E-state index in [2.05, 4.69) is 15.5 Å². The summed E-state index contributed by atoms with van der Waals surface area (Å²) in [7, 11) is 0. The van der Waals surface area contributed by atoms with Crippen molar-refractivity contribution in [1.29, 1.82) is 0 Å². The van der Waals surface area contributed by atoms with Gasteiger partial charge in [-0.15, -0.1) is 0 Å². The summed E-state index contributed by atoms with van der Waals surface area (Å²) in [6.45, 7) is 5.60. The summed E-state index contributed by atoms with van der Waals surface area (Å²) in [5, 5.41) is 6.11. The smallest absolute Gasteiger partial charge is 0.348 e. The van der Waals surface area contributed by atoms with Crippen molar-refractivity contribution in [2.45, 2.75) is 51.9 Å². The number of likely N-dealkylation sites (tertiary alicyclic amines) is 1.